The summed E-state index contributed by atoms with van der Waals surface area (Å²) >= 11 is 0. The molecule has 0 radical (unpaired) electrons. The zero-order valence-electron chi connectivity index (χ0n) is 12.2. The van der Waals surface area contributed by atoms with E-state index >= 15 is 0 Å². The Morgan fingerprint density at radius 1 is 1.32 bits per heavy atom. The van der Waals surface area contributed by atoms with Crippen molar-refractivity contribution in [3.8, 4) is 0 Å². The maximum Gasteiger partial charge on any atom is 0.239 e. The van der Waals surface area contributed by atoms with Crippen LogP contribution >= 0.6 is 0 Å². The van der Waals surface area contributed by atoms with Gasteiger partial charge in [0, 0.05) is 19.6 Å². The van der Waals surface area contributed by atoms with Crippen molar-refractivity contribution in [1.29, 1.82) is 0 Å². The molecule has 5 nitrogen and oxygen atoms in total. The first-order valence-electron chi connectivity index (χ1n) is 7.45. The van der Waals surface area contributed by atoms with Crippen LogP contribution in [0.4, 0.5) is 0 Å². The largest absolute Gasteiger partial charge is 0.355 e. The van der Waals surface area contributed by atoms with Gasteiger partial charge < -0.3 is 15.5 Å². The SMILES string of the molecule is CCCNC(=O)CN(CCC)C(=O)[C@@H]1CCCNC1. The zero-order valence-corrected chi connectivity index (χ0v) is 12.2. The highest BCUT2D eigenvalue weighted by atomic mass is 16.2. The number of carbonyl (C=O) groups is 2. The van der Waals surface area contributed by atoms with Crippen LogP contribution in [0.15, 0.2) is 0 Å². The second-order valence-electron chi connectivity index (χ2n) is 5.15. The molecule has 1 heterocycles. The highest BCUT2D eigenvalue weighted by molar-refractivity contribution is 5.86. The monoisotopic (exact) mass is 269 g/mol. The molecule has 1 saturated heterocycles. The van der Waals surface area contributed by atoms with Crippen LogP contribution in [0.1, 0.15) is 39.5 Å². The molecule has 0 aliphatic carbocycles. The molecule has 1 rings (SSSR count). The van der Waals surface area contributed by atoms with Crippen LogP contribution in [0.5, 0.6) is 0 Å². The third-order valence-corrected chi connectivity index (χ3v) is 3.36. The van der Waals surface area contributed by atoms with Gasteiger partial charge in [-0.1, -0.05) is 13.8 Å². The number of hydrogen-bond acceptors (Lipinski definition) is 3. The van der Waals surface area contributed by atoms with Gasteiger partial charge in [0.05, 0.1) is 12.5 Å². The van der Waals surface area contributed by atoms with Gasteiger partial charge in [0.1, 0.15) is 0 Å². The van der Waals surface area contributed by atoms with E-state index in [-0.39, 0.29) is 24.3 Å². The zero-order chi connectivity index (χ0) is 14.1. The first kappa shape index (κ1) is 16.0. The number of hydrogen-bond donors (Lipinski definition) is 2. The van der Waals surface area contributed by atoms with Crippen LogP contribution in [0.25, 0.3) is 0 Å². The van der Waals surface area contributed by atoms with Crippen molar-refractivity contribution in [2.75, 3.05) is 32.7 Å². The second-order valence-corrected chi connectivity index (χ2v) is 5.15. The van der Waals surface area contributed by atoms with Crippen molar-refractivity contribution in [2.45, 2.75) is 39.5 Å². The quantitative estimate of drug-likeness (QED) is 0.717. The maximum atomic E-state index is 12.4. The highest BCUT2D eigenvalue weighted by Gasteiger charge is 2.26. The van der Waals surface area contributed by atoms with Gasteiger partial charge in [-0.2, -0.15) is 0 Å². The average Bonchev–Trinajstić information content (AvgIpc) is 2.45. The standard InChI is InChI=1S/C14H27N3O2/c1-3-7-16-13(18)11-17(9-4-2)14(19)12-6-5-8-15-10-12/h12,15H,3-11H2,1-2H3,(H,16,18)/t12-/m1/s1. The molecule has 1 fully saturated rings. The van der Waals surface area contributed by atoms with E-state index in [1.807, 2.05) is 13.8 Å². The Morgan fingerprint density at radius 3 is 2.68 bits per heavy atom. The normalized spacial score (nSPS) is 18.9. The Bertz CT molecular complexity index is 288. The van der Waals surface area contributed by atoms with Crippen molar-refractivity contribution < 1.29 is 9.59 Å². The van der Waals surface area contributed by atoms with E-state index < -0.39 is 0 Å². The van der Waals surface area contributed by atoms with Crippen molar-refractivity contribution >= 4 is 11.8 Å². The van der Waals surface area contributed by atoms with Gasteiger partial charge in [0.2, 0.25) is 11.8 Å². The number of piperidine rings is 1. The summed E-state index contributed by atoms with van der Waals surface area (Å²) in [7, 11) is 0. The van der Waals surface area contributed by atoms with Crippen molar-refractivity contribution in [3.05, 3.63) is 0 Å². The molecule has 0 aromatic carbocycles. The summed E-state index contributed by atoms with van der Waals surface area (Å²) in [5.41, 5.74) is 0. The van der Waals surface area contributed by atoms with Crippen LogP contribution in [0, 0.1) is 5.92 Å². The molecule has 0 aromatic rings. The summed E-state index contributed by atoms with van der Waals surface area (Å²) < 4.78 is 0. The lowest BCUT2D eigenvalue weighted by molar-refractivity contribution is -0.140. The molecule has 0 aromatic heterocycles. The first-order chi connectivity index (χ1) is 9.19. The van der Waals surface area contributed by atoms with Crippen molar-refractivity contribution in [2.24, 2.45) is 5.92 Å². The molecular formula is C14H27N3O2. The highest BCUT2D eigenvalue weighted by Crippen LogP contribution is 2.13. The summed E-state index contributed by atoms with van der Waals surface area (Å²) in [5, 5.41) is 6.08. The Morgan fingerprint density at radius 2 is 2.11 bits per heavy atom. The van der Waals surface area contributed by atoms with Crippen LogP contribution in [0.2, 0.25) is 0 Å². The summed E-state index contributed by atoms with van der Waals surface area (Å²) in [5.74, 6) is 0.118. The molecule has 2 N–H and O–H groups in total. The fourth-order valence-electron chi connectivity index (χ4n) is 2.35. The minimum absolute atomic E-state index is 0.0410. The topological polar surface area (TPSA) is 61.4 Å². The van der Waals surface area contributed by atoms with Crippen LogP contribution in [-0.4, -0.2) is 49.4 Å². The Hall–Kier alpha value is -1.10. The molecule has 1 aliphatic rings. The van der Waals surface area contributed by atoms with E-state index in [2.05, 4.69) is 10.6 Å². The summed E-state index contributed by atoms with van der Waals surface area (Å²) in [6, 6.07) is 0. The lowest BCUT2D eigenvalue weighted by atomic mass is 9.98. The minimum Gasteiger partial charge on any atom is -0.355 e. The molecule has 1 atom stereocenters. The van der Waals surface area contributed by atoms with Crippen LogP contribution in [-0.2, 0) is 9.59 Å². The third kappa shape index (κ3) is 5.59. The number of carbonyl (C=O) groups excluding carboxylic acids is 2. The summed E-state index contributed by atoms with van der Waals surface area (Å²) in [4.78, 5) is 25.9. The molecule has 1 aliphatic heterocycles. The van der Waals surface area contributed by atoms with Crippen LogP contribution in [0.3, 0.4) is 0 Å². The van der Waals surface area contributed by atoms with E-state index in [1.54, 1.807) is 4.90 Å². The predicted octanol–water partition coefficient (Wildman–Crippen LogP) is 0.751. The van der Waals surface area contributed by atoms with E-state index in [0.717, 1.165) is 38.8 Å². The molecule has 19 heavy (non-hydrogen) atoms. The molecule has 0 unspecified atom stereocenters. The fraction of sp³-hybridized carbons (Fsp3) is 0.857. The van der Waals surface area contributed by atoms with Crippen LogP contribution < -0.4 is 10.6 Å². The Balaban J connectivity index is 2.49. The van der Waals surface area contributed by atoms with E-state index in [0.29, 0.717) is 13.1 Å². The van der Waals surface area contributed by atoms with E-state index in [1.165, 1.54) is 0 Å². The van der Waals surface area contributed by atoms with Gasteiger partial charge in [0.25, 0.3) is 0 Å². The van der Waals surface area contributed by atoms with Gasteiger partial charge in [-0.05, 0) is 32.2 Å². The maximum absolute atomic E-state index is 12.4. The number of rotatable bonds is 7. The molecular weight excluding hydrogens is 242 g/mol. The smallest absolute Gasteiger partial charge is 0.239 e. The van der Waals surface area contributed by atoms with Gasteiger partial charge in [-0.3, -0.25) is 9.59 Å². The number of nitrogens with one attached hydrogen (secondary N) is 2. The molecule has 0 spiro atoms. The lowest BCUT2D eigenvalue weighted by Gasteiger charge is -2.29. The van der Waals surface area contributed by atoms with E-state index in [4.69, 9.17) is 0 Å². The molecule has 110 valence electrons. The molecule has 0 bridgehead atoms. The Labute approximate surface area is 116 Å². The predicted molar refractivity (Wildman–Crippen MR) is 75.8 cm³/mol. The van der Waals surface area contributed by atoms with Gasteiger partial charge in [-0.15, -0.1) is 0 Å². The number of amides is 2. The second kappa shape index (κ2) is 8.91. The summed E-state index contributed by atoms with van der Waals surface area (Å²) in [6.07, 6.45) is 3.77. The number of nitrogens with zero attached hydrogens (tertiary/aromatic N) is 1. The Kier molecular flexibility index (Phi) is 7.48. The molecule has 0 saturated carbocycles. The van der Waals surface area contributed by atoms with Gasteiger partial charge >= 0.3 is 0 Å². The minimum atomic E-state index is -0.0487. The molecule has 2 amide bonds. The van der Waals surface area contributed by atoms with E-state index in [9.17, 15) is 9.59 Å². The van der Waals surface area contributed by atoms with Gasteiger partial charge in [0.15, 0.2) is 0 Å². The van der Waals surface area contributed by atoms with Crippen molar-refractivity contribution in [1.82, 2.24) is 15.5 Å². The van der Waals surface area contributed by atoms with Gasteiger partial charge in [-0.25, -0.2) is 0 Å². The van der Waals surface area contributed by atoms with Crippen molar-refractivity contribution in [3.63, 3.8) is 0 Å². The average molecular weight is 269 g/mol. The first-order valence-corrected chi connectivity index (χ1v) is 7.45. The third-order valence-electron chi connectivity index (χ3n) is 3.36. The molecule has 5 heteroatoms. The summed E-state index contributed by atoms with van der Waals surface area (Å²) in [6.45, 7) is 7.33. The lowest BCUT2D eigenvalue weighted by Crippen LogP contribution is -2.47. The fourth-order valence-corrected chi connectivity index (χ4v) is 2.35.